The second-order valence-electron chi connectivity index (χ2n) is 9.89. The first kappa shape index (κ1) is 38.3. The molecule has 0 saturated heterocycles. The van der Waals surface area contributed by atoms with Gasteiger partial charge in [-0.3, -0.25) is 19.7 Å². The number of methoxy groups -OCH3 is 1. The van der Waals surface area contributed by atoms with Crippen LogP contribution in [0.2, 0.25) is 0 Å². The second-order valence-corrected chi connectivity index (χ2v) is 9.89. The van der Waals surface area contributed by atoms with Crippen LogP contribution in [0.5, 0.6) is 0 Å². The molecule has 0 aromatic carbocycles. The molecule has 2 amide bonds. The van der Waals surface area contributed by atoms with Crippen molar-refractivity contribution in [3.05, 3.63) is 36.1 Å². The smallest absolute Gasteiger partial charge is 0.241 e. The molecule has 0 radical (unpaired) electrons. The van der Waals surface area contributed by atoms with Gasteiger partial charge >= 0.3 is 0 Å². The lowest BCUT2D eigenvalue weighted by molar-refractivity contribution is -0.129. The van der Waals surface area contributed by atoms with Gasteiger partial charge in [0.2, 0.25) is 11.8 Å². The SMILES string of the molecule is C=C/C(=C\C=C(/CC)NC(=O)C(CC)NCC(=O)[C@@H](NC(=O)CCOCCOCCOC)C(C)CC)CCC(C)=O. The Hall–Kier alpha value is -2.66. The molecule has 0 heterocycles. The van der Waals surface area contributed by atoms with Gasteiger partial charge in [-0.15, -0.1) is 0 Å². The molecular weight excluding hydrogens is 526 g/mol. The Balaban J connectivity index is 4.94. The third kappa shape index (κ3) is 18.4. The van der Waals surface area contributed by atoms with Crippen molar-refractivity contribution in [2.45, 2.75) is 85.2 Å². The van der Waals surface area contributed by atoms with Crippen LogP contribution in [0.25, 0.3) is 0 Å². The fourth-order valence-electron chi connectivity index (χ4n) is 3.68. The van der Waals surface area contributed by atoms with Gasteiger partial charge in [-0.05, 0) is 43.8 Å². The lowest BCUT2D eigenvalue weighted by Crippen LogP contribution is -2.51. The molecule has 0 bridgehead atoms. The average Bonchev–Trinajstić information content (AvgIpc) is 2.96. The molecule has 0 aliphatic carbocycles. The minimum Gasteiger partial charge on any atom is -0.382 e. The summed E-state index contributed by atoms with van der Waals surface area (Å²) in [5, 5.41) is 8.84. The molecular formula is C31H53N3O7. The van der Waals surface area contributed by atoms with Gasteiger partial charge in [0.15, 0.2) is 5.78 Å². The molecule has 0 rings (SSSR count). The maximum absolute atomic E-state index is 13.1. The fraction of sp³-hybridized carbons (Fsp3) is 0.677. The molecule has 10 nitrogen and oxygen atoms in total. The molecule has 0 aromatic rings. The van der Waals surface area contributed by atoms with E-state index < -0.39 is 12.1 Å². The highest BCUT2D eigenvalue weighted by atomic mass is 16.5. The van der Waals surface area contributed by atoms with Gasteiger partial charge in [-0.2, -0.15) is 0 Å². The standard InChI is InChI=1S/C31H53N3O7/c1-8-23(5)30(34-29(37)16-17-40-20-21-41-19-18-39-7)28(36)22-32-27(11-4)31(38)33-26(10-3)15-14-25(9-2)13-12-24(6)35/h9,14-15,23,27,30,32H,2,8,10-13,16-22H2,1,3-7H3,(H,33,38)(H,34,37)/b25-14+,26-15+/t23?,27?,30-/m0/s1. The molecule has 0 saturated carbocycles. The summed E-state index contributed by atoms with van der Waals surface area (Å²) in [7, 11) is 1.60. The van der Waals surface area contributed by atoms with E-state index in [1.165, 1.54) is 0 Å². The van der Waals surface area contributed by atoms with E-state index in [-0.39, 0.29) is 48.9 Å². The molecule has 0 fully saturated rings. The summed E-state index contributed by atoms with van der Waals surface area (Å²) in [5.41, 5.74) is 1.63. The Morgan fingerprint density at radius 3 is 2.10 bits per heavy atom. The van der Waals surface area contributed by atoms with Crippen molar-refractivity contribution in [1.82, 2.24) is 16.0 Å². The van der Waals surface area contributed by atoms with Gasteiger partial charge in [0, 0.05) is 25.6 Å². The summed E-state index contributed by atoms with van der Waals surface area (Å²) in [6, 6.07) is -1.25. The van der Waals surface area contributed by atoms with E-state index in [9.17, 15) is 19.2 Å². The number of ketones is 2. The van der Waals surface area contributed by atoms with E-state index in [0.29, 0.717) is 58.5 Å². The third-order valence-electron chi connectivity index (χ3n) is 6.59. The van der Waals surface area contributed by atoms with E-state index in [1.54, 1.807) is 20.1 Å². The number of amides is 2. The molecule has 0 spiro atoms. The monoisotopic (exact) mass is 579 g/mol. The normalized spacial score (nSPS) is 14.2. The van der Waals surface area contributed by atoms with Crippen molar-refractivity contribution in [3.63, 3.8) is 0 Å². The van der Waals surface area contributed by atoms with Crippen molar-refractivity contribution in [2.75, 3.05) is 46.7 Å². The van der Waals surface area contributed by atoms with E-state index in [2.05, 4.69) is 22.5 Å². The zero-order valence-corrected chi connectivity index (χ0v) is 26.0. The van der Waals surface area contributed by atoms with Gasteiger partial charge in [0.05, 0.1) is 51.7 Å². The predicted octanol–water partition coefficient (Wildman–Crippen LogP) is 3.42. The molecule has 41 heavy (non-hydrogen) atoms. The van der Waals surface area contributed by atoms with Crippen LogP contribution >= 0.6 is 0 Å². The van der Waals surface area contributed by atoms with E-state index in [4.69, 9.17) is 14.2 Å². The number of allylic oxidation sites excluding steroid dienone is 5. The summed E-state index contributed by atoms with van der Waals surface area (Å²) in [6.07, 6.45) is 8.33. The largest absolute Gasteiger partial charge is 0.382 e. The number of carbonyl (C=O) groups excluding carboxylic acids is 4. The number of Topliss-reactive ketones (excluding diaryl/α,β-unsaturated/α-hetero) is 2. The van der Waals surface area contributed by atoms with Crippen LogP contribution in [0.1, 0.15) is 73.1 Å². The number of rotatable bonds is 25. The highest BCUT2D eigenvalue weighted by molar-refractivity contribution is 5.91. The minimum atomic E-state index is -0.665. The number of nitrogens with one attached hydrogen (secondary N) is 3. The molecule has 0 aliphatic heterocycles. The van der Waals surface area contributed by atoms with Gasteiger partial charge in [0.1, 0.15) is 5.78 Å². The quantitative estimate of drug-likeness (QED) is 0.111. The third-order valence-corrected chi connectivity index (χ3v) is 6.59. The Kier molecular flexibility index (Phi) is 22.4. The van der Waals surface area contributed by atoms with Crippen molar-refractivity contribution in [1.29, 1.82) is 0 Å². The Morgan fingerprint density at radius 2 is 1.54 bits per heavy atom. The number of hydrogen-bond acceptors (Lipinski definition) is 8. The Labute approximate surface area is 246 Å². The summed E-state index contributed by atoms with van der Waals surface area (Å²) >= 11 is 0. The van der Waals surface area contributed by atoms with Crippen LogP contribution in [0.15, 0.2) is 36.1 Å². The highest BCUT2D eigenvalue weighted by Crippen LogP contribution is 2.11. The van der Waals surface area contributed by atoms with Crippen LogP contribution < -0.4 is 16.0 Å². The first-order valence-corrected chi connectivity index (χ1v) is 14.7. The Morgan fingerprint density at radius 1 is 0.878 bits per heavy atom. The summed E-state index contributed by atoms with van der Waals surface area (Å²) in [6.45, 7) is 15.0. The maximum Gasteiger partial charge on any atom is 0.241 e. The molecule has 0 aromatic heterocycles. The van der Waals surface area contributed by atoms with Gasteiger partial charge in [-0.25, -0.2) is 0 Å². The van der Waals surface area contributed by atoms with Crippen molar-refractivity contribution < 1.29 is 33.4 Å². The minimum absolute atomic E-state index is 0.0484. The predicted molar refractivity (Wildman–Crippen MR) is 161 cm³/mol. The fourth-order valence-corrected chi connectivity index (χ4v) is 3.68. The molecule has 2 unspecified atom stereocenters. The number of hydrogen-bond donors (Lipinski definition) is 3. The van der Waals surface area contributed by atoms with Crippen LogP contribution in [0, 0.1) is 5.92 Å². The number of carbonyl (C=O) groups is 4. The van der Waals surface area contributed by atoms with Crippen molar-refractivity contribution in [3.8, 4) is 0 Å². The van der Waals surface area contributed by atoms with Crippen LogP contribution in [-0.2, 0) is 33.4 Å². The zero-order valence-electron chi connectivity index (χ0n) is 26.0. The molecule has 10 heteroatoms. The molecule has 3 N–H and O–H groups in total. The second kappa shape index (κ2) is 24.0. The van der Waals surface area contributed by atoms with Gasteiger partial charge < -0.3 is 29.6 Å². The lowest BCUT2D eigenvalue weighted by atomic mass is 9.95. The van der Waals surface area contributed by atoms with Gasteiger partial charge in [-0.1, -0.05) is 52.8 Å². The van der Waals surface area contributed by atoms with Gasteiger partial charge in [0.25, 0.3) is 0 Å². The van der Waals surface area contributed by atoms with E-state index in [0.717, 1.165) is 11.3 Å². The summed E-state index contributed by atoms with van der Waals surface area (Å²) in [4.78, 5) is 49.8. The average molecular weight is 580 g/mol. The van der Waals surface area contributed by atoms with Crippen molar-refractivity contribution in [2.24, 2.45) is 5.92 Å². The molecule has 0 aliphatic rings. The topological polar surface area (TPSA) is 132 Å². The van der Waals surface area contributed by atoms with Crippen LogP contribution in [0.3, 0.4) is 0 Å². The van der Waals surface area contributed by atoms with E-state index in [1.807, 2.05) is 39.8 Å². The summed E-state index contributed by atoms with van der Waals surface area (Å²) < 4.78 is 15.7. The zero-order chi connectivity index (χ0) is 31.0. The maximum atomic E-state index is 13.1. The first-order chi connectivity index (χ1) is 19.6. The van der Waals surface area contributed by atoms with Crippen LogP contribution in [-0.4, -0.2) is 82.2 Å². The highest BCUT2D eigenvalue weighted by Gasteiger charge is 2.27. The summed E-state index contributed by atoms with van der Waals surface area (Å²) in [5.74, 6) is -0.640. The Bertz CT molecular complexity index is 870. The van der Waals surface area contributed by atoms with E-state index >= 15 is 0 Å². The number of ether oxygens (including phenoxy) is 3. The van der Waals surface area contributed by atoms with Crippen LogP contribution in [0.4, 0.5) is 0 Å². The first-order valence-electron chi connectivity index (χ1n) is 14.7. The van der Waals surface area contributed by atoms with Crippen molar-refractivity contribution >= 4 is 23.4 Å². The lowest BCUT2D eigenvalue weighted by Gasteiger charge is -2.25. The molecule has 3 atom stereocenters. The molecule has 234 valence electrons.